The van der Waals surface area contributed by atoms with Crippen LogP contribution < -0.4 is 0 Å². The summed E-state index contributed by atoms with van der Waals surface area (Å²) in [7, 11) is 2.01. The smallest absolute Gasteiger partial charge is 0.337 e. The van der Waals surface area contributed by atoms with Gasteiger partial charge < -0.3 is 24.9 Å². The molecule has 0 atom stereocenters. The summed E-state index contributed by atoms with van der Waals surface area (Å²) >= 11 is 0. The number of hydrogen-bond acceptors (Lipinski definition) is 5. The summed E-state index contributed by atoms with van der Waals surface area (Å²) in [6.45, 7) is 3.29. The van der Waals surface area contributed by atoms with Gasteiger partial charge in [0.1, 0.15) is 5.57 Å². The Balaban J connectivity index is 1.75. The fourth-order valence-corrected chi connectivity index (χ4v) is 2.60. The van der Waals surface area contributed by atoms with Crippen molar-refractivity contribution in [3.63, 3.8) is 0 Å². The maximum Gasteiger partial charge on any atom is 0.337 e. The van der Waals surface area contributed by atoms with Crippen LogP contribution in [0, 0.1) is 0 Å². The fraction of sp³-hybridized carbons (Fsp3) is 0.643. The molecule has 0 spiro atoms. The van der Waals surface area contributed by atoms with Gasteiger partial charge >= 0.3 is 5.97 Å². The first-order valence-corrected chi connectivity index (χ1v) is 7.31. The maximum atomic E-state index is 12.0. The highest BCUT2D eigenvalue weighted by Crippen LogP contribution is 2.17. The number of likely N-dealkylation sites (N-methyl/N-ethyl adjacent to an activating group) is 1. The zero-order chi connectivity index (χ0) is 16.3. The van der Waals surface area contributed by atoms with Gasteiger partial charge in [0, 0.05) is 39.1 Å². The minimum absolute atomic E-state index is 0.0513. The molecule has 0 aromatic rings. The van der Waals surface area contributed by atoms with Crippen molar-refractivity contribution in [2.24, 2.45) is 0 Å². The van der Waals surface area contributed by atoms with Crippen LogP contribution in [-0.4, -0.2) is 89.0 Å². The first-order valence-electron chi connectivity index (χ1n) is 7.31. The topological polar surface area (TPSA) is 101 Å². The van der Waals surface area contributed by atoms with E-state index in [1.54, 1.807) is 0 Å². The second kappa shape index (κ2) is 6.78. The summed E-state index contributed by atoms with van der Waals surface area (Å²) < 4.78 is 0. The molecule has 1 saturated heterocycles. The third kappa shape index (κ3) is 3.56. The van der Waals surface area contributed by atoms with Crippen molar-refractivity contribution in [1.82, 2.24) is 14.7 Å². The summed E-state index contributed by atoms with van der Waals surface area (Å²) in [6, 6.07) is 0. The number of carboxylic acids is 1. The van der Waals surface area contributed by atoms with Crippen LogP contribution >= 0.6 is 0 Å². The van der Waals surface area contributed by atoms with E-state index in [9.17, 15) is 19.5 Å². The van der Waals surface area contributed by atoms with Gasteiger partial charge in [0.25, 0.3) is 5.91 Å². The molecule has 2 N–H and O–H groups in total. The number of nitrogens with zero attached hydrogens (tertiary/aromatic N) is 3. The minimum atomic E-state index is -1.29. The van der Waals surface area contributed by atoms with E-state index in [0.717, 1.165) is 13.1 Å². The lowest BCUT2D eigenvalue weighted by molar-refractivity contribution is -0.134. The van der Waals surface area contributed by atoms with Crippen LogP contribution in [-0.2, 0) is 14.4 Å². The third-order valence-electron chi connectivity index (χ3n) is 4.06. The average molecular weight is 311 g/mol. The second-order valence-electron chi connectivity index (χ2n) is 5.65. The fourth-order valence-electron chi connectivity index (χ4n) is 2.60. The molecule has 22 heavy (non-hydrogen) atoms. The number of amides is 2. The Kier molecular flexibility index (Phi) is 5.02. The number of aliphatic hydroxyl groups is 1. The number of carboxylic acid groups (broad SMARTS) is 1. The lowest BCUT2D eigenvalue weighted by atomic mass is 10.2. The van der Waals surface area contributed by atoms with E-state index in [2.05, 4.69) is 4.90 Å². The Morgan fingerprint density at radius 1 is 1.18 bits per heavy atom. The summed E-state index contributed by atoms with van der Waals surface area (Å²) in [4.78, 5) is 39.8. The molecule has 1 fully saturated rings. The van der Waals surface area contributed by atoms with Gasteiger partial charge in [-0.25, -0.2) is 4.79 Å². The predicted molar refractivity (Wildman–Crippen MR) is 77.2 cm³/mol. The quantitative estimate of drug-likeness (QED) is 0.695. The predicted octanol–water partition coefficient (Wildman–Crippen LogP) is -0.720. The largest absolute Gasteiger partial charge is 0.503 e. The molecule has 2 heterocycles. The lowest BCUT2D eigenvalue weighted by Crippen LogP contribution is -2.47. The number of aliphatic carboxylic acids is 1. The Hall–Kier alpha value is -2.09. The standard InChI is InChI=1S/C14H21N3O5/c1-15-5-7-16(8-6-15)11(18)3-2-4-17-9-10(14(21)22)12(19)13(17)20/h19H,2-9H2,1H3,(H,21,22). The summed E-state index contributed by atoms with van der Waals surface area (Å²) in [5.74, 6) is -2.61. The van der Waals surface area contributed by atoms with Gasteiger partial charge in [0.2, 0.25) is 5.91 Å². The Morgan fingerprint density at radius 3 is 2.36 bits per heavy atom. The lowest BCUT2D eigenvalue weighted by Gasteiger charge is -2.32. The highest BCUT2D eigenvalue weighted by atomic mass is 16.4. The normalized spacial score (nSPS) is 20.0. The molecular formula is C14H21N3O5. The molecule has 0 radical (unpaired) electrons. The molecule has 0 unspecified atom stereocenters. The molecule has 0 aromatic heterocycles. The first-order chi connectivity index (χ1) is 10.4. The van der Waals surface area contributed by atoms with E-state index < -0.39 is 17.6 Å². The second-order valence-corrected chi connectivity index (χ2v) is 5.65. The van der Waals surface area contributed by atoms with Crippen LogP contribution in [0.3, 0.4) is 0 Å². The van der Waals surface area contributed by atoms with Crippen LogP contribution in [0.15, 0.2) is 11.3 Å². The maximum absolute atomic E-state index is 12.0. The highest BCUT2D eigenvalue weighted by molar-refractivity contribution is 6.04. The van der Waals surface area contributed by atoms with Crippen LogP contribution in [0.1, 0.15) is 12.8 Å². The van der Waals surface area contributed by atoms with Crippen LogP contribution in [0.4, 0.5) is 0 Å². The molecule has 2 aliphatic heterocycles. The number of carbonyl (C=O) groups excluding carboxylic acids is 2. The van der Waals surface area contributed by atoms with Gasteiger partial charge in [-0.15, -0.1) is 0 Å². The zero-order valence-electron chi connectivity index (χ0n) is 12.6. The molecule has 0 aromatic carbocycles. The number of piperazine rings is 1. The summed E-state index contributed by atoms with van der Waals surface area (Å²) in [6.07, 6.45) is 0.772. The number of carbonyl (C=O) groups is 3. The Bertz CT molecular complexity index is 509. The molecule has 8 nitrogen and oxygen atoms in total. The van der Waals surface area contributed by atoms with Crippen molar-refractivity contribution in [2.45, 2.75) is 12.8 Å². The molecule has 2 rings (SSSR count). The highest BCUT2D eigenvalue weighted by Gasteiger charge is 2.33. The van der Waals surface area contributed by atoms with E-state index in [-0.39, 0.29) is 24.6 Å². The van der Waals surface area contributed by atoms with Gasteiger partial charge in [0.05, 0.1) is 6.54 Å². The molecule has 122 valence electrons. The number of rotatable bonds is 5. The molecule has 0 saturated carbocycles. The SMILES string of the molecule is CN1CCN(C(=O)CCCN2CC(C(=O)O)=C(O)C2=O)CC1. The van der Waals surface area contributed by atoms with Crippen molar-refractivity contribution in [2.75, 3.05) is 46.3 Å². The molecule has 2 aliphatic rings. The van der Waals surface area contributed by atoms with Gasteiger partial charge in [0.15, 0.2) is 5.76 Å². The van der Waals surface area contributed by atoms with Gasteiger partial charge in [-0.1, -0.05) is 0 Å². The van der Waals surface area contributed by atoms with Gasteiger partial charge in [-0.3, -0.25) is 9.59 Å². The molecule has 8 heteroatoms. The Labute approximate surface area is 128 Å². The first kappa shape index (κ1) is 16.3. The van der Waals surface area contributed by atoms with E-state index in [1.165, 1.54) is 4.90 Å². The van der Waals surface area contributed by atoms with Crippen LogP contribution in [0.25, 0.3) is 0 Å². The van der Waals surface area contributed by atoms with Crippen LogP contribution in [0.5, 0.6) is 0 Å². The van der Waals surface area contributed by atoms with Gasteiger partial charge in [-0.2, -0.15) is 0 Å². The van der Waals surface area contributed by atoms with Crippen molar-refractivity contribution < 1.29 is 24.6 Å². The van der Waals surface area contributed by atoms with Crippen molar-refractivity contribution in [1.29, 1.82) is 0 Å². The van der Waals surface area contributed by atoms with E-state index in [4.69, 9.17) is 5.11 Å². The average Bonchev–Trinajstić information content (AvgIpc) is 2.76. The summed E-state index contributed by atoms with van der Waals surface area (Å²) in [5, 5.41) is 18.3. The van der Waals surface area contributed by atoms with Crippen molar-refractivity contribution in [3.8, 4) is 0 Å². The molecule has 2 amide bonds. The number of hydrogen-bond donors (Lipinski definition) is 2. The number of aliphatic hydroxyl groups excluding tert-OH is 1. The third-order valence-corrected chi connectivity index (χ3v) is 4.06. The summed E-state index contributed by atoms with van der Waals surface area (Å²) in [5.41, 5.74) is -0.282. The van der Waals surface area contributed by atoms with Crippen molar-refractivity contribution >= 4 is 17.8 Å². The van der Waals surface area contributed by atoms with E-state index >= 15 is 0 Å². The van der Waals surface area contributed by atoms with E-state index in [0.29, 0.717) is 25.9 Å². The Morgan fingerprint density at radius 2 is 1.82 bits per heavy atom. The van der Waals surface area contributed by atoms with Crippen molar-refractivity contribution in [3.05, 3.63) is 11.3 Å². The monoisotopic (exact) mass is 311 g/mol. The van der Waals surface area contributed by atoms with Gasteiger partial charge in [-0.05, 0) is 13.5 Å². The minimum Gasteiger partial charge on any atom is -0.503 e. The zero-order valence-corrected chi connectivity index (χ0v) is 12.6. The molecule has 0 bridgehead atoms. The van der Waals surface area contributed by atoms with E-state index in [1.807, 2.05) is 11.9 Å². The molecule has 0 aliphatic carbocycles. The van der Waals surface area contributed by atoms with Crippen LogP contribution in [0.2, 0.25) is 0 Å². The molecular weight excluding hydrogens is 290 g/mol.